The van der Waals surface area contributed by atoms with Gasteiger partial charge in [0.2, 0.25) is 5.95 Å². The monoisotopic (exact) mass is 381 g/mol. The van der Waals surface area contributed by atoms with Crippen molar-refractivity contribution < 1.29 is 4.74 Å². The number of hydrogen-bond acceptors (Lipinski definition) is 7. The standard InChI is InChI=1S/C20H27N7O/c1-3-27-12-22-17-18(23-13-7-6-8-14(11-13)28-2)25-20(26-19(17)27)24-16-10-5-4-9-15(16)21/h6-8,11-12,15-16H,3-5,9-10,21H2,1-2H3,(H2,23,24,25,26). The highest BCUT2D eigenvalue weighted by Gasteiger charge is 2.23. The van der Waals surface area contributed by atoms with E-state index in [1.165, 1.54) is 12.8 Å². The number of benzene rings is 1. The summed E-state index contributed by atoms with van der Waals surface area (Å²) in [5, 5.41) is 6.83. The largest absolute Gasteiger partial charge is 0.497 e. The third kappa shape index (κ3) is 3.73. The molecule has 1 aliphatic carbocycles. The first kappa shape index (κ1) is 18.5. The Hall–Kier alpha value is -2.87. The van der Waals surface area contributed by atoms with E-state index in [0.29, 0.717) is 11.8 Å². The van der Waals surface area contributed by atoms with Gasteiger partial charge in [0.1, 0.15) is 5.75 Å². The molecular formula is C20H27N7O. The third-order valence-electron chi connectivity index (χ3n) is 5.27. The zero-order chi connectivity index (χ0) is 19.5. The van der Waals surface area contributed by atoms with Crippen molar-refractivity contribution in [3.8, 4) is 5.75 Å². The Morgan fingerprint density at radius 1 is 1.25 bits per heavy atom. The number of nitrogens with zero attached hydrogens (tertiary/aromatic N) is 4. The molecule has 0 aliphatic heterocycles. The van der Waals surface area contributed by atoms with Crippen molar-refractivity contribution in [2.75, 3.05) is 17.7 Å². The van der Waals surface area contributed by atoms with Gasteiger partial charge in [-0.1, -0.05) is 18.9 Å². The molecule has 2 heterocycles. The molecule has 4 N–H and O–H groups in total. The van der Waals surface area contributed by atoms with Crippen LogP contribution < -0.4 is 21.1 Å². The molecule has 148 valence electrons. The van der Waals surface area contributed by atoms with E-state index in [0.717, 1.165) is 42.0 Å². The van der Waals surface area contributed by atoms with Crippen molar-refractivity contribution in [3.05, 3.63) is 30.6 Å². The van der Waals surface area contributed by atoms with Gasteiger partial charge < -0.3 is 25.7 Å². The first-order chi connectivity index (χ1) is 13.7. The van der Waals surface area contributed by atoms with E-state index in [1.807, 2.05) is 28.8 Å². The fourth-order valence-electron chi connectivity index (χ4n) is 3.67. The number of aryl methyl sites for hydroxylation is 1. The summed E-state index contributed by atoms with van der Waals surface area (Å²) in [6.45, 7) is 2.86. The number of rotatable bonds is 6. The van der Waals surface area contributed by atoms with Crippen molar-refractivity contribution >= 4 is 28.6 Å². The summed E-state index contributed by atoms with van der Waals surface area (Å²) in [6, 6.07) is 8.05. The molecule has 8 nitrogen and oxygen atoms in total. The van der Waals surface area contributed by atoms with E-state index in [-0.39, 0.29) is 12.1 Å². The molecule has 8 heteroatoms. The minimum Gasteiger partial charge on any atom is -0.497 e. The third-order valence-corrected chi connectivity index (χ3v) is 5.27. The number of anilines is 3. The molecule has 0 amide bonds. The van der Waals surface area contributed by atoms with Crippen LogP contribution in [0.15, 0.2) is 30.6 Å². The van der Waals surface area contributed by atoms with E-state index in [1.54, 1.807) is 13.4 Å². The summed E-state index contributed by atoms with van der Waals surface area (Å²) in [5.74, 6) is 2.02. The number of nitrogens with two attached hydrogens (primary N) is 1. The van der Waals surface area contributed by atoms with Crippen molar-refractivity contribution in [1.29, 1.82) is 0 Å². The average molecular weight is 381 g/mol. The van der Waals surface area contributed by atoms with Crippen LogP contribution in [0.25, 0.3) is 11.2 Å². The molecule has 28 heavy (non-hydrogen) atoms. The minimum absolute atomic E-state index is 0.124. The van der Waals surface area contributed by atoms with Gasteiger partial charge in [-0.25, -0.2) is 4.98 Å². The molecule has 1 aromatic carbocycles. The van der Waals surface area contributed by atoms with Crippen LogP contribution in [-0.4, -0.2) is 38.7 Å². The summed E-state index contributed by atoms with van der Waals surface area (Å²) in [7, 11) is 1.65. The first-order valence-corrected chi connectivity index (χ1v) is 9.84. The van der Waals surface area contributed by atoms with Crippen LogP contribution in [0.4, 0.5) is 17.5 Å². The Balaban J connectivity index is 1.70. The topological polar surface area (TPSA) is 103 Å². The van der Waals surface area contributed by atoms with Crippen LogP contribution in [0.5, 0.6) is 5.75 Å². The van der Waals surface area contributed by atoms with Gasteiger partial charge in [-0.05, 0) is 31.9 Å². The summed E-state index contributed by atoms with van der Waals surface area (Å²) in [5.41, 5.74) is 8.72. The van der Waals surface area contributed by atoms with Gasteiger partial charge >= 0.3 is 0 Å². The molecule has 0 spiro atoms. The van der Waals surface area contributed by atoms with Crippen molar-refractivity contribution in [1.82, 2.24) is 19.5 Å². The van der Waals surface area contributed by atoms with Gasteiger partial charge in [0.25, 0.3) is 0 Å². The number of hydrogen-bond donors (Lipinski definition) is 3. The number of ether oxygens (including phenoxy) is 1. The van der Waals surface area contributed by atoms with Crippen molar-refractivity contribution in [3.63, 3.8) is 0 Å². The van der Waals surface area contributed by atoms with Gasteiger partial charge in [0.05, 0.1) is 13.4 Å². The Labute approximate surface area is 164 Å². The predicted molar refractivity (Wildman–Crippen MR) is 111 cm³/mol. The van der Waals surface area contributed by atoms with Gasteiger partial charge in [0, 0.05) is 30.4 Å². The molecule has 0 radical (unpaired) electrons. The Morgan fingerprint density at radius 3 is 2.89 bits per heavy atom. The normalized spacial score (nSPS) is 19.5. The maximum Gasteiger partial charge on any atom is 0.227 e. The lowest BCUT2D eigenvalue weighted by molar-refractivity contribution is 0.402. The highest BCUT2D eigenvalue weighted by Crippen LogP contribution is 2.27. The quantitative estimate of drug-likeness (QED) is 0.602. The SMILES string of the molecule is CCn1cnc2c(Nc3cccc(OC)c3)nc(NC3CCCCC3N)nc21. The molecule has 4 rings (SSSR count). The smallest absolute Gasteiger partial charge is 0.227 e. The minimum atomic E-state index is 0.124. The molecular weight excluding hydrogens is 354 g/mol. The van der Waals surface area contributed by atoms with E-state index in [9.17, 15) is 0 Å². The predicted octanol–water partition coefficient (Wildman–Crippen LogP) is 3.28. The average Bonchev–Trinajstić information content (AvgIpc) is 3.13. The van der Waals surface area contributed by atoms with E-state index < -0.39 is 0 Å². The van der Waals surface area contributed by atoms with E-state index in [2.05, 4.69) is 22.5 Å². The van der Waals surface area contributed by atoms with Crippen molar-refractivity contribution in [2.45, 2.75) is 51.2 Å². The molecule has 1 fully saturated rings. The van der Waals surface area contributed by atoms with E-state index >= 15 is 0 Å². The summed E-state index contributed by atoms with van der Waals surface area (Å²) in [4.78, 5) is 14.0. The summed E-state index contributed by atoms with van der Waals surface area (Å²) >= 11 is 0. The highest BCUT2D eigenvalue weighted by atomic mass is 16.5. The number of nitrogens with one attached hydrogen (secondary N) is 2. The Morgan fingerprint density at radius 2 is 2.11 bits per heavy atom. The van der Waals surface area contributed by atoms with Crippen LogP contribution >= 0.6 is 0 Å². The second kappa shape index (κ2) is 8.02. The first-order valence-electron chi connectivity index (χ1n) is 9.84. The molecule has 2 aromatic heterocycles. The van der Waals surface area contributed by atoms with Crippen molar-refractivity contribution in [2.24, 2.45) is 5.73 Å². The number of aromatic nitrogens is 4. The zero-order valence-electron chi connectivity index (χ0n) is 16.4. The lowest BCUT2D eigenvalue weighted by Gasteiger charge is -2.29. The van der Waals surface area contributed by atoms with Crippen LogP contribution in [0.1, 0.15) is 32.6 Å². The van der Waals surface area contributed by atoms with Gasteiger partial charge in [-0.2, -0.15) is 9.97 Å². The second-order valence-corrected chi connectivity index (χ2v) is 7.15. The molecule has 2 unspecified atom stereocenters. The summed E-state index contributed by atoms with van der Waals surface area (Å²) in [6.07, 6.45) is 6.22. The molecule has 3 aromatic rings. The van der Waals surface area contributed by atoms with Crippen LogP contribution in [0.2, 0.25) is 0 Å². The molecule has 0 saturated heterocycles. The highest BCUT2D eigenvalue weighted by molar-refractivity contribution is 5.86. The van der Waals surface area contributed by atoms with Gasteiger partial charge in [-0.3, -0.25) is 0 Å². The zero-order valence-corrected chi connectivity index (χ0v) is 16.4. The lowest BCUT2D eigenvalue weighted by atomic mass is 9.91. The Kier molecular flexibility index (Phi) is 5.29. The summed E-state index contributed by atoms with van der Waals surface area (Å²) < 4.78 is 7.33. The molecule has 0 bridgehead atoms. The van der Waals surface area contributed by atoms with Crippen LogP contribution in [0, 0.1) is 0 Å². The van der Waals surface area contributed by atoms with Crippen LogP contribution in [0.3, 0.4) is 0 Å². The van der Waals surface area contributed by atoms with E-state index in [4.69, 9.17) is 20.4 Å². The second-order valence-electron chi connectivity index (χ2n) is 7.15. The molecule has 1 saturated carbocycles. The maximum absolute atomic E-state index is 6.30. The number of imidazole rings is 1. The van der Waals surface area contributed by atoms with Crippen LogP contribution in [-0.2, 0) is 6.54 Å². The Bertz CT molecular complexity index is 955. The molecule has 2 atom stereocenters. The van der Waals surface area contributed by atoms with Gasteiger partial charge in [0.15, 0.2) is 17.0 Å². The number of methoxy groups -OCH3 is 1. The van der Waals surface area contributed by atoms with Gasteiger partial charge in [-0.15, -0.1) is 0 Å². The fraction of sp³-hybridized carbons (Fsp3) is 0.450. The number of fused-ring (bicyclic) bond motifs is 1. The molecule has 1 aliphatic rings. The maximum atomic E-state index is 6.30. The lowest BCUT2D eigenvalue weighted by Crippen LogP contribution is -2.43. The fourth-order valence-corrected chi connectivity index (χ4v) is 3.67.